The van der Waals surface area contributed by atoms with Gasteiger partial charge in [0.05, 0.1) is 5.56 Å². The summed E-state index contributed by atoms with van der Waals surface area (Å²) < 4.78 is 0.949. The maximum atomic E-state index is 10.3. The molecule has 2 N–H and O–H groups in total. The Morgan fingerprint density at radius 1 is 0.737 bits per heavy atom. The fraction of sp³-hybridized carbons (Fsp3) is 0. The molecule has 2 aromatic rings. The van der Waals surface area contributed by atoms with E-state index in [2.05, 4.69) is 16.3 Å². The fourth-order valence-corrected chi connectivity index (χ4v) is 1.39. The summed E-state index contributed by atoms with van der Waals surface area (Å²) in [5, 5.41) is 16.9. The van der Waals surface area contributed by atoms with Gasteiger partial charge >= 0.3 is 72.4 Å². The summed E-state index contributed by atoms with van der Waals surface area (Å²) in [6.07, 6.45) is 0. The Balaban J connectivity index is 0.000000191. The number of carboxylic acid groups (broad SMARTS) is 2. The Morgan fingerprint density at radius 3 is 1.53 bits per heavy atom. The van der Waals surface area contributed by atoms with E-state index >= 15 is 0 Å². The van der Waals surface area contributed by atoms with Crippen molar-refractivity contribution in [2.45, 2.75) is 0 Å². The zero-order valence-electron chi connectivity index (χ0n) is 9.82. The third-order valence-corrected chi connectivity index (χ3v) is 2.55. The van der Waals surface area contributed by atoms with E-state index in [0.29, 0.717) is 11.1 Å². The van der Waals surface area contributed by atoms with E-state index in [9.17, 15) is 9.59 Å². The normalized spacial score (nSPS) is 9.05. The number of benzene rings is 2. The molecule has 0 aliphatic carbocycles. The first kappa shape index (κ1) is 15.0. The van der Waals surface area contributed by atoms with Gasteiger partial charge in [0, 0.05) is 0 Å². The minimum Gasteiger partial charge on any atom is -0.478 e. The van der Waals surface area contributed by atoms with E-state index < -0.39 is 11.9 Å². The second-order valence-corrected chi connectivity index (χ2v) is 4.24. The first-order chi connectivity index (χ1) is 9.00. The van der Waals surface area contributed by atoms with E-state index in [0.717, 1.165) is 4.43 Å². The van der Waals surface area contributed by atoms with Crippen molar-refractivity contribution in [3.63, 3.8) is 0 Å². The van der Waals surface area contributed by atoms with Crippen molar-refractivity contribution in [1.82, 2.24) is 0 Å². The molecular weight excluding hydrogens is 284 g/mol. The molecule has 0 heterocycles. The molecule has 0 spiro atoms. The monoisotopic (exact) mass is 295 g/mol. The zero-order valence-corrected chi connectivity index (χ0v) is 11.1. The van der Waals surface area contributed by atoms with Gasteiger partial charge in [-0.05, 0) is 12.1 Å². The van der Waals surface area contributed by atoms with E-state index in [1.807, 2.05) is 0 Å². The van der Waals surface area contributed by atoms with Crippen LogP contribution in [0.4, 0.5) is 0 Å². The maximum absolute atomic E-state index is 10.3. The third-order valence-electron chi connectivity index (χ3n) is 2.12. The molecule has 0 atom stereocenters. The van der Waals surface area contributed by atoms with Gasteiger partial charge < -0.3 is 5.11 Å². The molecule has 0 saturated carbocycles. The Hall–Kier alpha value is -2.09. The third kappa shape index (κ3) is 5.39. The minimum absolute atomic E-state index is 0.319. The van der Waals surface area contributed by atoms with Gasteiger partial charge in [0.15, 0.2) is 0 Å². The molecular formula is C14H11CrO4. The van der Waals surface area contributed by atoms with E-state index in [1.165, 1.54) is 0 Å². The van der Waals surface area contributed by atoms with Crippen LogP contribution in [0.2, 0.25) is 0 Å². The van der Waals surface area contributed by atoms with E-state index in [-0.39, 0.29) is 0 Å². The molecule has 2 rings (SSSR count). The van der Waals surface area contributed by atoms with E-state index in [4.69, 9.17) is 10.2 Å². The van der Waals surface area contributed by atoms with Crippen LogP contribution in [0.3, 0.4) is 0 Å². The summed E-state index contributed by atoms with van der Waals surface area (Å²) in [5.41, 5.74) is 0.650. The number of hydrogen-bond acceptors (Lipinski definition) is 2. The van der Waals surface area contributed by atoms with Gasteiger partial charge in [-0.3, -0.25) is 0 Å². The first-order valence-electron chi connectivity index (χ1n) is 5.29. The van der Waals surface area contributed by atoms with Crippen molar-refractivity contribution in [3.8, 4) is 0 Å². The fourth-order valence-electron chi connectivity index (χ4n) is 1.18. The molecule has 0 fully saturated rings. The van der Waals surface area contributed by atoms with Crippen LogP contribution in [0.1, 0.15) is 20.7 Å². The number of rotatable bonds is 2. The quantitative estimate of drug-likeness (QED) is 0.888. The second-order valence-electron chi connectivity index (χ2n) is 3.50. The van der Waals surface area contributed by atoms with Gasteiger partial charge in [-0.2, -0.15) is 0 Å². The van der Waals surface area contributed by atoms with Crippen molar-refractivity contribution in [2.75, 3.05) is 0 Å². The number of carboxylic acids is 2. The van der Waals surface area contributed by atoms with Gasteiger partial charge in [0.1, 0.15) is 0 Å². The maximum Gasteiger partial charge on any atom is 0.335 e. The smallest absolute Gasteiger partial charge is 0.335 e. The average molecular weight is 295 g/mol. The van der Waals surface area contributed by atoms with Gasteiger partial charge in [0.25, 0.3) is 0 Å². The van der Waals surface area contributed by atoms with Crippen LogP contribution >= 0.6 is 0 Å². The zero-order chi connectivity index (χ0) is 14.3. The number of hydrogen-bond donors (Lipinski definition) is 2. The Kier molecular flexibility index (Phi) is 5.81. The molecule has 0 bridgehead atoms. The first-order valence-corrected chi connectivity index (χ1v) is 5.93. The predicted molar refractivity (Wildman–Crippen MR) is 66.4 cm³/mol. The molecule has 97 valence electrons. The summed E-state index contributed by atoms with van der Waals surface area (Å²) in [4.78, 5) is 20.5. The topological polar surface area (TPSA) is 74.6 Å². The summed E-state index contributed by atoms with van der Waals surface area (Å²) in [6, 6.07) is 14.9. The average Bonchev–Trinajstić information content (AvgIpc) is 2.41. The van der Waals surface area contributed by atoms with Crippen LogP contribution in [0.5, 0.6) is 0 Å². The molecule has 0 saturated heterocycles. The second kappa shape index (κ2) is 7.37. The van der Waals surface area contributed by atoms with Crippen molar-refractivity contribution in [2.24, 2.45) is 0 Å². The van der Waals surface area contributed by atoms with E-state index in [1.54, 1.807) is 54.6 Å². The van der Waals surface area contributed by atoms with Crippen molar-refractivity contribution in [1.29, 1.82) is 0 Å². The van der Waals surface area contributed by atoms with Crippen molar-refractivity contribution < 1.29 is 36.1 Å². The Labute approximate surface area is 118 Å². The van der Waals surface area contributed by atoms with Crippen LogP contribution in [0.15, 0.2) is 54.6 Å². The molecule has 2 aromatic carbocycles. The molecule has 0 unspecified atom stereocenters. The standard InChI is InChI=1S/C7H6O2.C7H5O2.Cr/c2*8-7(9)6-4-2-1-3-5-6;/h1-5H,(H,8,9);2-5H,(H,8,9);. The molecule has 0 radical (unpaired) electrons. The molecule has 0 aliphatic rings. The molecule has 0 aromatic heterocycles. The largest absolute Gasteiger partial charge is 0.478 e. The summed E-state index contributed by atoms with van der Waals surface area (Å²) in [6.45, 7) is 0. The Morgan fingerprint density at radius 2 is 1.16 bits per heavy atom. The predicted octanol–water partition coefficient (Wildman–Crippen LogP) is 1.94. The number of carbonyl (C=O) groups is 2. The molecule has 5 heteroatoms. The Bertz CT molecular complexity index is 549. The molecule has 0 amide bonds. The molecule has 0 aliphatic heterocycles. The molecule has 4 nitrogen and oxygen atoms in total. The number of aromatic carboxylic acids is 2. The SMILES string of the molecule is O=C(O)c1cc[c]([Cr])cc1.O=C(O)c1ccccc1. The summed E-state index contributed by atoms with van der Waals surface area (Å²) in [5.74, 6) is -1.77. The van der Waals surface area contributed by atoms with Gasteiger partial charge in [-0.15, -0.1) is 0 Å². The van der Waals surface area contributed by atoms with Crippen molar-refractivity contribution in [3.05, 3.63) is 65.7 Å². The van der Waals surface area contributed by atoms with Crippen LogP contribution < -0.4 is 4.43 Å². The summed E-state index contributed by atoms with van der Waals surface area (Å²) >= 11 is 2.78. The van der Waals surface area contributed by atoms with Gasteiger partial charge in [0.2, 0.25) is 0 Å². The van der Waals surface area contributed by atoms with Crippen LogP contribution in [0, 0.1) is 0 Å². The molecule has 19 heavy (non-hydrogen) atoms. The van der Waals surface area contributed by atoms with Crippen LogP contribution in [-0.4, -0.2) is 22.2 Å². The van der Waals surface area contributed by atoms with Crippen LogP contribution in [-0.2, 0) is 16.3 Å². The van der Waals surface area contributed by atoms with Gasteiger partial charge in [-0.1, -0.05) is 18.2 Å². The van der Waals surface area contributed by atoms with Crippen molar-refractivity contribution >= 4 is 16.4 Å². The van der Waals surface area contributed by atoms with Gasteiger partial charge in [-0.25, -0.2) is 4.79 Å². The minimum atomic E-state index is -0.889. The van der Waals surface area contributed by atoms with Crippen LogP contribution in [0.25, 0.3) is 0 Å². The summed E-state index contributed by atoms with van der Waals surface area (Å²) in [7, 11) is 0.